The summed E-state index contributed by atoms with van der Waals surface area (Å²) in [6.07, 6.45) is -2.17. The van der Waals surface area contributed by atoms with Crippen LogP contribution in [0.5, 0.6) is 0 Å². The van der Waals surface area contributed by atoms with Gasteiger partial charge in [-0.2, -0.15) is 13.2 Å². The lowest BCUT2D eigenvalue weighted by Gasteiger charge is -2.33. The number of likely N-dealkylation sites (tertiary alicyclic amines) is 1. The number of benzene rings is 1. The van der Waals surface area contributed by atoms with Crippen LogP contribution in [0.2, 0.25) is 0 Å². The summed E-state index contributed by atoms with van der Waals surface area (Å²) in [5.41, 5.74) is -0.113. The second-order valence-electron chi connectivity index (χ2n) is 5.80. The molecule has 21 heavy (non-hydrogen) atoms. The lowest BCUT2D eigenvalue weighted by atomic mass is 9.90. The molecule has 0 aromatic heterocycles. The molecule has 1 aliphatic heterocycles. The topological polar surface area (TPSA) is 15.3 Å². The standard InChI is InChI=1S/C15H20BrF3N2/c1-10(11-3-5-21(2)6-4-11)20-14-8-12(15(17,18)19)7-13(16)9-14/h7-11,20H,3-6H2,1-2H3. The van der Waals surface area contributed by atoms with Crippen LogP contribution < -0.4 is 5.32 Å². The predicted molar refractivity (Wildman–Crippen MR) is 82.4 cm³/mol. The van der Waals surface area contributed by atoms with Crippen molar-refractivity contribution in [2.75, 3.05) is 25.5 Å². The maximum Gasteiger partial charge on any atom is 0.416 e. The Balaban J connectivity index is 2.07. The van der Waals surface area contributed by atoms with E-state index in [-0.39, 0.29) is 6.04 Å². The van der Waals surface area contributed by atoms with Crippen LogP contribution in [-0.4, -0.2) is 31.1 Å². The molecular formula is C15H20BrF3N2. The van der Waals surface area contributed by atoms with E-state index in [0.717, 1.165) is 32.0 Å². The molecular weight excluding hydrogens is 345 g/mol. The minimum atomic E-state index is -4.32. The Kier molecular flexibility index (Phi) is 5.20. The molecule has 2 nitrogen and oxygen atoms in total. The first kappa shape index (κ1) is 16.6. The van der Waals surface area contributed by atoms with Crippen molar-refractivity contribution in [3.05, 3.63) is 28.2 Å². The number of nitrogens with zero attached hydrogens (tertiary/aromatic N) is 1. The molecule has 2 rings (SSSR count). The maximum atomic E-state index is 12.8. The first-order valence-electron chi connectivity index (χ1n) is 7.08. The number of halogens is 4. The van der Waals surface area contributed by atoms with Crippen LogP contribution in [0.15, 0.2) is 22.7 Å². The van der Waals surface area contributed by atoms with Gasteiger partial charge in [0.25, 0.3) is 0 Å². The highest BCUT2D eigenvalue weighted by atomic mass is 79.9. The fourth-order valence-corrected chi connectivity index (χ4v) is 3.24. The minimum absolute atomic E-state index is 0.161. The van der Waals surface area contributed by atoms with Gasteiger partial charge in [0.1, 0.15) is 0 Å². The molecule has 1 aromatic rings. The summed E-state index contributed by atoms with van der Waals surface area (Å²) in [5.74, 6) is 0.495. The summed E-state index contributed by atoms with van der Waals surface area (Å²) in [4.78, 5) is 2.28. The van der Waals surface area contributed by atoms with E-state index in [0.29, 0.717) is 16.1 Å². The second kappa shape index (κ2) is 6.57. The van der Waals surface area contributed by atoms with Crippen LogP contribution >= 0.6 is 15.9 Å². The molecule has 1 heterocycles. The number of hydrogen-bond donors (Lipinski definition) is 1. The number of piperidine rings is 1. The van der Waals surface area contributed by atoms with Crippen molar-refractivity contribution in [3.8, 4) is 0 Å². The van der Waals surface area contributed by atoms with E-state index in [1.54, 1.807) is 6.07 Å². The normalized spacial score (nSPS) is 19.5. The SMILES string of the molecule is CC(Nc1cc(Br)cc(C(F)(F)F)c1)C1CCN(C)CC1. The highest BCUT2D eigenvalue weighted by Gasteiger charge is 2.31. The van der Waals surface area contributed by atoms with Crippen LogP contribution in [0, 0.1) is 5.92 Å². The summed E-state index contributed by atoms with van der Waals surface area (Å²) in [6.45, 7) is 4.14. The Hall–Kier alpha value is -0.750. The van der Waals surface area contributed by atoms with Crippen LogP contribution in [-0.2, 0) is 6.18 Å². The Bertz CT molecular complexity index is 482. The summed E-state index contributed by atoms with van der Waals surface area (Å²) in [6, 6.07) is 4.14. The molecule has 118 valence electrons. The smallest absolute Gasteiger partial charge is 0.382 e. The Morgan fingerprint density at radius 3 is 2.43 bits per heavy atom. The number of anilines is 1. The number of nitrogens with one attached hydrogen (secondary N) is 1. The van der Waals surface area contributed by atoms with Crippen molar-refractivity contribution >= 4 is 21.6 Å². The Labute approximate surface area is 131 Å². The van der Waals surface area contributed by atoms with Gasteiger partial charge in [-0.3, -0.25) is 0 Å². The summed E-state index contributed by atoms with van der Waals surface area (Å²) >= 11 is 3.15. The number of alkyl halides is 3. The highest BCUT2D eigenvalue weighted by Crippen LogP contribution is 2.34. The average Bonchev–Trinajstić information content (AvgIpc) is 2.37. The van der Waals surface area contributed by atoms with Crippen LogP contribution in [0.25, 0.3) is 0 Å². The van der Waals surface area contributed by atoms with Gasteiger partial charge in [0.15, 0.2) is 0 Å². The van der Waals surface area contributed by atoms with Crippen LogP contribution in [0.3, 0.4) is 0 Å². The zero-order chi connectivity index (χ0) is 15.6. The molecule has 1 atom stereocenters. The van der Waals surface area contributed by atoms with Gasteiger partial charge < -0.3 is 10.2 Å². The van der Waals surface area contributed by atoms with E-state index >= 15 is 0 Å². The van der Waals surface area contributed by atoms with Gasteiger partial charge in [-0.25, -0.2) is 0 Å². The maximum absolute atomic E-state index is 12.8. The zero-order valence-corrected chi connectivity index (χ0v) is 13.8. The zero-order valence-electron chi connectivity index (χ0n) is 12.2. The van der Waals surface area contributed by atoms with Crippen molar-refractivity contribution in [3.63, 3.8) is 0 Å². The third-order valence-electron chi connectivity index (χ3n) is 4.09. The van der Waals surface area contributed by atoms with Crippen molar-refractivity contribution in [2.45, 2.75) is 32.0 Å². The molecule has 1 aliphatic rings. The largest absolute Gasteiger partial charge is 0.416 e. The minimum Gasteiger partial charge on any atom is -0.382 e. The van der Waals surface area contributed by atoms with Crippen molar-refractivity contribution in [1.29, 1.82) is 0 Å². The van der Waals surface area contributed by atoms with Gasteiger partial charge in [0, 0.05) is 16.2 Å². The molecule has 0 saturated carbocycles. The Morgan fingerprint density at radius 1 is 1.24 bits per heavy atom. The van der Waals surface area contributed by atoms with Crippen molar-refractivity contribution in [1.82, 2.24) is 4.90 Å². The molecule has 0 spiro atoms. The van der Waals surface area contributed by atoms with E-state index < -0.39 is 11.7 Å². The third-order valence-corrected chi connectivity index (χ3v) is 4.55. The van der Waals surface area contributed by atoms with E-state index in [2.05, 4.69) is 33.2 Å². The van der Waals surface area contributed by atoms with E-state index in [4.69, 9.17) is 0 Å². The predicted octanol–water partition coefficient (Wildman–Crippen LogP) is 4.61. The first-order valence-corrected chi connectivity index (χ1v) is 7.88. The van der Waals surface area contributed by atoms with Crippen LogP contribution in [0.1, 0.15) is 25.3 Å². The quantitative estimate of drug-likeness (QED) is 0.842. The monoisotopic (exact) mass is 364 g/mol. The second-order valence-corrected chi connectivity index (χ2v) is 6.72. The molecule has 1 saturated heterocycles. The molecule has 0 amide bonds. The molecule has 1 fully saturated rings. The summed E-state index contributed by atoms with van der Waals surface area (Å²) in [7, 11) is 2.10. The third kappa shape index (κ3) is 4.61. The van der Waals surface area contributed by atoms with E-state index in [9.17, 15) is 13.2 Å². The van der Waals surface area contributed by atoms with Gasteiger partial charge in [0.05, 0.1) is 5.56 Å². The molecule has 0 bridgehead atoms. The van der Waals surface area contributed by atoms with Gasteiger partial charge >= 0.3 is 6.18 Å². The Morgan fingerprint density at radius 2 is 1.86 bits per heavy atom. The van der Waals surface area contributed by atoms with Gasteiger partial charge in [-0.15, -0.1) is 0 Å². The number of rotatable bonds is 3. The molecule has 1 aromatic carbocycles. The van der Waals surface area contributed by atoms with E-state index in [1.165, 1.54) is 6.07 Å². The first-order chi connectivity index (χ1) is 9.75. The molecule has 6 heteroatoms. The van der Waals surface area contributed by atoms with E-state index in [1.807, 2.05) is 6.92 Å². The fraction of sp³-hybridized carbons (Fsp3) is 0.600. The summed E-state index contributed by atoms with van der Waals surface area (Å²) < 4.78 is 38.9. The van der Waals surface area contributed by atoms with Gasteiger partial charge in [-0.05, 0) is 64.0 Å². The van der Waals surface area contributed by atoms with Crippen molar-refractivity contribution < 1.29 is 13.2 Å². The van der Waals surface area contributed by atoms with Crippen molar-refractivity contribution in [2.24, 2.45) is 5.92 Å². The van der Waals surface area contributed by atoms with Gasteiger partial charge in [-0.1, -0.05) is 15.9 Å². The lowest BCUT2D eigenvalue weighted by Crippen LogP contribution is -2.37. The average molecular weight is 365 g/mol. The fourth-order valence-electron chi connectivity index (χ4n) is 2.75. The number of hydrogen-bond acceptors (Lipinski definition) is 2. The molecule has 1 unspecified atom stereocenters. The molecule has 0 aliphatic carbocycles. The summed E-state index contributed by atoms with van der Waals surface area (Å²) in [5, 5.41) is 3.23. The lowest BCUT2D eigenvalue weighted by molar-refractivity contribution is -0.137. The highest BCUT2D eigenvalue weighted by molar-refractivity contribution is 9.10. The van der Waals surface area contributed by atoms with Gasteiger partial charge in [0.2, 0.25) is 0 Å². The van der Waals surface area contributed by atoms with Crippen LogP contribution in [0.4, 0.5) is 18.9 Å². The molecule has 1 N–H and O–H groups in total. The molecule has 0 radical (unpaired) electrons.